The number of para-hydroxylation sites is 1. The molecule has 2 N–H and O–H groups in total. The number of aromatic nitrogens is 1. The molecule has 3 aromatic rings. The Morgan fingerprint density at radius 2 is 1.67 bits per heavy atom. The van der Waals surface area contributed by atoms with Crippen LogP contribution in [0.5, 0.6) is 0 Å². The predicted molar refractivity (Wildman–Crippen MR) is 106 cm³/mol. The fraction of sp³-hybridized carbons (Fsp3) is 0.227. The van der Waals surface area contributed by atoms with E-state index in [1.54, 1.807) is 6.20 Å². The lowest BCUT2D eigenvalue weighted by molar-refractivity contribution is -0.131. The zero-order chi connectivity index (χ0) is 18.9. The van der Waals surface area contributed by atoms with Gasteiger partial charge in [-0.1, -0.05) is 37.3 Å². The Labute approximate surface area is 157 Å². The third-order valence-electron chi connectivity index (χ3n) is 5.12. The molecule has 2 amide bonds. The highest BCUT2D eigenvalue weighted by Crippen LogP contribution is 2.47. The summed E-state index contributed by atoms with van der Waals surface area (Å²) in [5.74, 6) is -0.527. The summed E-state index contributed by atoms with van der Waals surface area (Å²) in [7, 11) is 0. The predicted octanol–water partition coefficient (Wildman–Crippen LogP) is 4.15. The largest absolute Gasteiger partial charge is 0.325 e. The van der Waals surface area contributed by atoms with Crippen molar-refractivity contribution in [2.75, 3.05) is 10.6 Å². The Balaban J connectivity index is 1.51. The van der Waals surface area contributed by atoms with Gasteiger partial charge in [-0.05, 0) is 49.1 Å². The second kappa shape index (κ2) is 6.83. The number of nitrogens with one attached hydrogen (secondary N) is 2. The molecule has 1 aromatic heterocycles. The first-order chi connectivity index (χ1) is 13.1. The molecule has 136 valence electrons. The molecule has 27 heavy (non-hydrogen) atoms. The van der Waals surface area contributed by atoms with Crippen LogP contribution >= 0.6 is 0 Å². The molecule has 1 saturated carbocycles. The lowest BCUT2D eigenvalue weighted by Gasteiger charge is -2.16. The van der Waals surface area contributed by atoms with E-state index in [4.69, 9.17) is 0 Å². The van der Waals surface area contributed by atoms with E-state index >= 15 is 0 Å². The molecule has 1 fully saturated rings. The molecule has 0 spiro atoms. The monoisotopic (exact) mass is 359 g/mol. The molecular formula is C22H21N3O2. The molecule has 5 heteroatoms. The van der Waals surface area contributed by atoms with Gasteiger partial charge in [-0.2, -0.15) is 0 Å². The molecule has 0 aliphatic heterocycles. The second-order valence-electron chi connectivity index (χ2n) is 6.92. The molecule has 1 heterocycles. The van der Waals surface area contributed by atoms with Crippen LogP contribution < -0.4 is 10.6 Å². The van der Waals surface area contributed by atoms with Gasteiger partial charge in [-0.25, -0.2) is 0 Å². The number of pyridine rings is 1. The quantitative estimate of drug-likeness (QED) is 0.672. The Morgan fingerprint density at radius 3 is 2.37 bits per heavy atom. The van der Waals surface area contributed by atoms with Crippen molar-refractivity contribution >= 4 is 34.1 Å². The highest BCUT2D eigenvalue weighted by atomic mass is 16.2. The Hall–Kier alpha value is -3.21. The summed E-state index contributed by atoms with van der Waals surface area (Å²) in [5.41, 5.74) is 2.27. The van der Waals surface area contributed by atoms with Crippen molar-refractivity contribution in [1.29, 1.82) is 0 Å². The highest BCUT2D eigenvalue weighted by Gasteiger charge is 2.56. The summed E-state index contributed by atoms with van der Waals surface area (Å²) in [5, 5.41) is 6.74. The second-order valence-corrected chi connectivity index (χ2v) is 6.92. The third kappa shape index (κ3) is 3.28. The molecule has 5 nitrogen and oxygen atoms in total. The van der Waals surface area contributed by atoms with Crippen LogP contribution in [0, 0.1) is 5.41 Å². The van der Waals surface area contributed by atoms with E-state index in [0.29, 0.717) is 24.2 Å². The van der Waals surface area contributed by atoms with Gasteiger partial charge in [0.15, 0.2) is 0 Å². The SMILES string of the molecule is CCc1ccc(NC(=O)C2(C(=O)Nc3cccc4cccnc34)CC2)cc1. The fourth-order valence-corrected chi connectivity index (χ4v) is 3.20. The van der Waals surface area contributed by atoms with Crippen molar-refractivity contribution < 1.29 is 9.59 Å². The van der Waals surface area contributed by atoms with Crippen LogP contribution in [0.15, 0.2) is 60.8 Å². The van der Waals surface area contributed by atoms with Crippen LogP contribution in [0.2, 0.25) is 0 Å². The zero-order valence-corrected chi connectivity index (χ0v) is 15.2. The maximum absolute atomic E-state index is 12.9. The average molecular weight is 359 g/mol. The lowest BCUT2D eigenvalue weighted by atomic mass is 10.0. The number of anilines is 2. The Morgan fingerprint density at radius 1 is 0.963 bits per heavy atom. The van der Waals surface area contributed by atoms with E-state index in [2.05, 4.69) is 22.5 Å². The van der Waals surface area contributed by atoms with Gasteiger partial charge in [-0.15, -0.1) is 0 Å². The number of nitrogens with zero attached hydrogens (tertiary/aromatic N) is 1. The normalized spacial score (nSPS) is 14.6. The van der Waals surface area contributed by atoms with E-state index < -0.39 is 5.41 Å². The molecule has 0 unspecified atom stereocenters. The minimum absolute atomic E-state index is 0.252. The van der Waals surface area contributed by atoms with Crippen molar-refractivity contribution in [2.24, 2.45) is 5.41 Å². The number of carbonyl (C=O) groups is 2. The van der Waals surface area contributed by atoms with E-state index in [0.717, 1.165) is 17.3 Å². The van der Waals surface area contributed by atoms with E-state index in [1.165, 1.54) is 5.56 Å². The third-order valence-corrected chi connectivity index (χ3v) is 5.12. The molecule has 2 aromatic carbocycles. The molecule has 4 rings (SSSR count). The molecule has 0 atom stereocenters. The van der Waals surface area contributed by atoms with Gasteiger partial charge in [0.25, 0.3) is 0 Å². The van der Waals surface area contributed by atoms with Gasteiger partial charge < -0.3 is 10.6 Å². The van der Waals surface area contributed by atoms with Gasteiger partial charge in [0.05, 0.1) is 11.2 Å². The Bertz CT molecular complexity index is 1000. The maximum Gasteiger partial charge on any atom is 0.240 e. The van der Waals surface area contributed by atoms with Crippen LogP contribution in [0.1, 0.15) is 25.3 Å². The number of hydrogen-bond acceptors (Lipinski definition) is 3. The standard InChI is InChI=1S/C22H21N3O2/c1-2-15-8-10-17(11-9-15)24-20(26)22(12-13-22)21(27)25-18-7-3-5-16-6-4-14-23-19(16)18/h3-11,14H,2,12-13H2,1H3,(H,24,26)(H,25,27). The summed E-state index contributed by atoms with van der Waals surface area (Å²) < 4.78 is 0. The molecule has 0 bridgehead atoms. The fourth-order valence-electron chi connectivity index (χ4n) is 3.20. The first kappa shape index (κ1) is 17.2. The summed E-state index contributed by atoms with van der Waals surface area (Å²) in [4.78, 5) is 30.0. The molecular weight excluding hydrogens is 338 g/mol. The van der Waals surface area contributed by atoms with E-state index in [9.17, 15) is 9.59 Å². The summed E-state index contributed by atoms with van der Waals surface area (Å²) >= 11 is 0. The maximum atomic E-state index is 12.9. The van der Waals surface area contributed by atoms with Crippen molar-refractivity contribution in [3.05, 3.63) is 66.4 Å². The molecule has 1 aliphatic carbocycles. The van der Waals surface area contributed by atoms with Crippen LogP contribution in [0.4, 0.5) is 11.4 Å². The number of rotatable bonds is 5. The van der Waals surface area contributed by atoms with Gasteiger partial charge in [0, 0.05) is 17.3 Å². The van der Waals surface area contributed by atoms with Gasteiger partial charge in [0.1, 0.15) is 5.41 Å². The van der Waals surface area contributed by atoms with Gasteiger partial charge in [-0.3, -0.25) is 14.6 Å². The first-order valence-electron chi connectivity index (χ1n) is 9.18. The van der Waals surface area contributed by atoms with Crippen molar-refractivity contribution in [2.45, 2.75) is 26.2 Å². The first-order valence-corrected chi connectivity index (χ1v) is 9.18. The molecule has 0 radical (unpaired) electrons. The highest BCUT2D eigenvalue weighted by molar-refractivity contribution is 6.18. The van der Waals surface area contributed by atoms with Crippen LogP contribution in [-0.4, -0.2) is 16.8 Å². The van der Waals surface area contributed by atoms with E-state index in [-0.39, 0.29) is 11.8 Å². The number of aryl methyl sites for hydroxylation is 1. The molecule has 0 saturated heterocycles. The smallest absolute Gasteiger partial charge is 0.240 e. The Kier molecular flexibility index (Phi) is 4.36. The number of benzene rings is 2. The summed E-state index contributed by atoms with van der Waals surface area (Å²) in [6.07, 6.45) is 3.74. The number of fused-ring (bicyclic) bond motifs is 1. The average Bonchev–Trinajstić information content (AvgIpc) is 3.51. The van der Waals surface area contributed by atoms with Gasteiger partial charge >= 0.3 is 0 Å². The van der Waals surface area contributed by atoms with Crippen LogP contribution in [-0.2, 0) is 16.0 Å². The summed E-state index contributed by atoms with van der Waals surface area (Å²) in [6, 6.07) is 17.1. The zero-order valence-electron chi connectivity index (χ0n) is 15.2. The van der Waals surface area contributed by atoms with Crippen LogP contribution in [0.25, 0.3) is 10.9 Å². The lowest BCUT2D eigenvalue weighted by Crippen LogP contribution is -2.35. The summed E-state index contributed by atoms with van der Waals surface area (Å²) in [6.45, 7) is 2.08. The van der Waals surface area contributed by atoms with Crippen molar-refractivity contribution in [3.63, 3.8) is 0 Å². The minimum atomic E-state index is -1.000. The minimum Gasteiger partial charge on any atom is -0.325 e. The number of carbonyl (C=O) groups excluding carboxylic acids is 2. The van der Waals surface area contributed by atoms with Crippen LogP contribution in [0.3, 0.4) is 0 Å². The van der Waals surface area contributed by atoms with Crippen molar-refractivity contribution in [3.8, 4) is 0 Å². The number of hydrogen-bond donors (Lipinski definition) is 2. The molecule has 1 aliphatic rings. The van der Waals surface area contributed by atoms with Crippen molar-refractivity contribution in [1.82, 2.24) is 4.98 Å². The topological polar surface area (TPSA) is 71.1 Å². The van der Waals surface area contributed by atoms with Gasteiger partial charge in [0.2, 0.25) is 11.8 Å². The number of amides is 2. The van der Waals surface area contributed by atoms with E-state index in [1.807, 2.05) is 54.6 Å².